The molecule has 0 radical (unpaired) electrons. The number of benzene rings is 1. The van der Waals surface area contributed by atoms with Crippen LogP contribution in [0.2, 0.25) is 0 Å². The van der Waals surface area contributed by atoms with Crippen LogP contribution in [0.4, 0.5) is 10.1 Å². The van der Waals surface area contributed by atoms with Crippen molar-refractivity contribution in [3.05, 3.63) is 71.9 Å². The summed E-state index contributed by atoms with van der Waals surface area (Å²) in [7, 11) is 0. The van der Waals surface area contributed by atoms with Crippen molar-refractivity contribution >= 4 is 11.6 Å². The highest BCUT2D eigenvalue weighted by molar-refractivity contribution is 6.04. The van der Waals surface area contributed by atoms with Gasteiger partial charge < -0.3 is 5.32 Å². The zero-order valence-corrected chi connectivity index (χ0v) is 11.8. The van der Waals surface area contributed by atoms with Crippen LogP contribution in [-0.2, 0) is 0 Å². The van der Waals surface area contributed by atoms with E-state index in [0.717, 1.165) is 5.69 Å². The van der Waals surface area contributed by atoms with Gasteiger partial charge in [0.15, 0.2) is 5.82 Å². The molecular formula is C16H13FN4O. The maximum atomic E-state index is 12.8. The number of aromatic nitrogens is 3. The van der Waals surface area contributed by atoms with E-state index in [-0.39, 0.29) is 11.7 Å². The van der Waals surface area contributed by atoms with E-state index in [1.54, 1.807) is 23.0 Å². The fourth-order valence-electron chi connectivity index (χ4n) is 1.94. The van der Waals surface area contributed by atoms with Crippen molar-refractivity contribution in [3.63, 3.8) is 0 Å². The number of nitrogens with one attached hydrogen (secondary N) is 1. The first kappa shape index (κ1) is 13.9. The predicted octanol–water partition coefficient (Wildman–Crippen LogP) is 2.97. The molecule has 6 heteroatoms. The quantitative estimate of drug-likeness (QED) is 0.808. The van der Waals surface area contributed by atoms with Crippen LogP contribution < -0.4 is 5.32 Å². The fraction of sp³-hybridized carbons (Fsp3) is 0.0625. The Morgan fingerprint density at radius 3 is 2.50 bits per heavy atom. The van der Waals surface area contributed by atoms with Gasteiger partial charge in [-0.2, -0.15) is 5.10 Å². The highest BCUT2D eigenvalue weighted by atomic mass is 19.1. The molecule has 1 N–H and O–H groups in total. The average Bonchev–Trinajstić information content (AvgIpc) is 2.96. The normalized spacial score (nSPS) is 10.5. The SMILES string of the molecule is Cc1ccn(-c2ccc(C(=O)Nc3ccc(F)cc3)cn2)n1. The van der Waals surface area contributed by atoms with Crippen molar-refractivity contribution in [2.75, 3.05) is 5.32 Å². The van der Waals surface area contributed by atoms with E-state index in [1.165, 1.54) is 30.5 Å². The largest absolute Gasteiger partial charge is 0.322 e. The first-order chi connectivity index (χ1) is 10.6. The Hall–Kier alpha value is -3.02. The number of hydrogen-bond donors (Lipinski definition) is 1. The first-order valence-corrected chi connectivity index (χ1v) is 6.67. The smallest absolute Gasteiger partial charge is 0.257 e. The minimum atomic E-state index is -0.349. The van der Waals surface area contributed by atoms with E-state index in [2.05, 4.69) is 15.4 Å². The highest BCUT2D eigenvalue weighted by Gasteiger charge is 2.08. The molecule has 0 aliphatic rings. The van der Waals surface area contributed by atoms with Crippen LogP contribution in [0.5, 0.6) is 0 Å². The molecule has 1 amide bonds. The van der Waals surface area contributed by atoms with Gasteiger partial charge in [-0.25, -0.2) is 14.1 Å². The molecule has 2 heterocycles. The molecule has 0 aliphatic carbocycles. The van der Waals surface area contributed by atoms with Crippen molar-refractivity contribution in [1.29, 1.82) is 0 Å². The Morgan fingerprint density at radius 2 is 1.91 bits per heavy atom. The van der Waals surface area contributed by atoms with Gasteiger partial charge in [-0.1, -0.05) is 0 Å². The summed E-state index contributed by atoms with van der Waals surface area (Å²) < 4.78 is 14.5. The number of hydrogen-bond acceptors (Lipinski definition) is 3. The monoisotopic (exact) mass is 296 g/mol. The average molecular weight is 296 g/mol. The van der Waals surface area contributed by atoms with Crippen molar-refractivity contribution in [1.82, 2.24) is 14.8 Å². The number of nitrogens with zero attached hydrogens (tertiary/aromatic N) is 3. The molecule has 3 aromatic rings. The lowest BCUT2D eigenvalue weighted by molar-refractivity contribution is 0.102. The Balaban J connectivity index is 1.74. The molecule has 5 nitrogen and oxygen atoms in total. The zero-order valence-electron chi connectivity index (χ0n) is 11.8. The molecule has 22 heavy (non-hydrogen) atoms. The molecule has 0 saturated heterocycles. The number of halogens is 1. The maximum Gasteiger partial charge on any atom is 0.257 e. The van der Waals surface area contributed by atoms with E-state index in [1.807, 2.05) is 13.0 Å². The molecule has 0 unspecified atom stereocenters. The molecule has 0 spiro atoms. The second-order valence-electron chi connectivity index (χ2n) is 4.77. The van der Waals surface area contributed by atoms with Crippen molar-refractivity contribution in [3.8, 4) is 5.82 Å². The van der Waals surface area contributed by atoms with Crippen LogP contribution in [0.25, 0.3) is 5.82 Å². The van der Waals surface area contributed by atoms with Crippen molar-refractivity contribution in [2.45, 2.75) is 6.92 Å². The lowest BCUT2D eigenvalue weighted by Crippen LogP contribution is -2.12. The molecule has 2 aromatic heterocycles. The third-order valence-corrected chi connectivity index (χ3v) is 3.07. The number of anilines is 1. The molecular weight excluding hydrogens is 283 g/mol. The Morgan fingerprint density at radius 1 is 1.14 bits per heavy atom. The molecule has 1 aromatic carbocycles. The topological polar surface area (TPSA) is 59.8 Å². The van der Waals surface area contributed by atoms with Gasteiger partial charge in [-0.05, 0) is 49.4 Å². The molecule has 0 atom stereocenters. The highest BCUT2D eigenvalue weighted by Crippen LogP contribution is 2.11. The predicted molar refractivity (Wildman–Crippen MR) is 80.4 cm³/mol. The van der Waals surface area contributed by atoms with Gasteiger partial charge in [-0.3, -0.25) is 4.79 Å². The summed E-state index contributed by atoms with van der Waals surface area (Å²) in [6, 6.07) is 10.8. The molecule has 0 aliphatic heterocycles. The molecule has 0 bridgehead atoms. The lowest BCUT2D eigenvalue weighted by Gasteiger charge is -2.06. The lowest BCUT2D eigenvalue weighted by atomic mass is 10.2. The summed E-state index contributed by atoms with van der Waals surface area (Å²) in [5.74, 6) is -0.0210. The number of aryl methyl sites for hydroxylation is 1. The van der Waals surface area contributed by atoms with Gasteiger partial charge >= 0.3 is 0 Å². The van der Waals surface area contributed by atoms with Crippen LogP contribution in [0, 0.1) is 12.7 Å². The van der Waals surface area contributed by atoms with Crippen LogP contribution >= 0.6 is 0 Å². The summed E-state index contributed by atoms with van der Waals surface area (Å²) in [5.41, 5.74) is 1.83. The van der Waals surface area contributed by atoms with E-state index >= 15 is 0 Å². The minimum absolute atomic E-state index is 0.303. The summed E-state index contributed by atoms with van der Waals surface area (Å²) in [5, 5.41) is 6.93. The number of carbonyl (C=O) groups excluding carboxylic acids is 1. The molecule has 110 valence electrons. The van der Waals surface area contributed by atoms with Gasteiger partial charge in [0.1, 0.15) is 5.82 Å². The van der Waals surface area contributed by atoms with Crippen LogP contribution in [0.15, 0.2) is 54.9 Å². The summed E-state index contributed by atoms with van der Waals surface area (Å²) in [6.07, 6.45) is 3.28. The second-order valence-corrected chi connectivity index (χ2v) is 4.77. The number of rotatable bonds is 3. The number of amides is 1. The van der Waals surface area contributed by atoms with Gasteiger partial charge in [0.25, 0.3) is 5.91 Å². The number of carbonyl (C=O) groups is 1. The summed E-state index contributed by atoms with van der Waals surface area (Å²) in [4.78, 5) is 16.3. The second kappa shape index (κ2) is 5.77. The van der Waals surface area contributed by atoms with E-state index in [9.17, 15) is 9.18 Å². The Labute approximate surface area is 126 Å². The van der Waals surface area contributed by atoms with Gasteiger partial charge in [0.2, 0.25) is 0 Å². The number of pyridine rings is 1. The Bertz CT molecular complexity index is 794. The zero-order chi connectivity index (χ0) is 15.5. The van der Waals surface area contributed by atoms with Crippen LogP contribution in [0.3, 0.4) is 0 Å². The third-order valence-electron chi connectivity index (χ3n) is 3.07. The minimum Gasteiger partial charge on any atom is -0.322 e. The molecule has 0 saturated carbocycles. The Kier molecular flexibility index (Phi) is 3.65. The summed E-state index contributed by atoms with van der Waals surface area (Å²) >= 11 is 0. The van der Waals surface area contributed by atoms with Crippen LogP contribution in [0.1, 0.15) is 16.1 Å². The van der Waals surface area contributed by atoms with Crippen LogP contribution in [-0.4, -0.2) is 20.7 Å². The third kappa shape index (κ3) is 3.01. The van der Waals surface area contributed by atoms with Crippen molar-refractivity contribution < 1.29 is 9.18 Å². The van der Waals surface area contributed by atoms with E-state index < -0.39 is 0 Å². The standard InChI is InChI=1S/C16H13FN4O/c1-11-8-9-21(20-11)15-7-2-12(10-18-15)16(22)19-14-5-3-13(17)4-6-14/h2-10H,1H3,(H,19,22). The summed E-state index contributed by atoms with van der Waals surface area (Å²) in [6.45, 7) is 1.89. The molecule has 3 rings (SSSR count). The van der Waals surface area contributed by atoms with E-state index in [4.69, 9.17) is 0 Å². The van der Waals surface area contributed by atoms with Gasteiger partial charge in [0, 0.05) is 18.1 Å². The fourth-order valence-corrected chi connectivity index (χ4v) is 1.94. The van der Waals surface area contributed by atoms with Gasteiger partial charge in [0.05, 0.1) is 11.3 Å². The van der Waals surface area contributed by atoms with E-state index in [0.29, 0.717) is 17.1 Å². The van der Waals surface area contributed by atoms with Crippen molar-refractivity contribution in [2.24, 2.45) is 0 Å². The van der Waals surface area contributed by atoms with Gasteiger partial charge in [-0.15, -0.1) is 0 Å². The first-order valence-electron chi connectivity index (χ1n) is 6.67. The molecule has 0 fully saturated rings. The maximum absolute atomic E-state index is 12.8.